The summed E-state index contributed by atoms with van der Waals surface area (Å²) in [6, 6.07) is 9.00. The van der Waals surface area contributed by atoms with Crippen LogP contribution in [0.2, 0.25) is 0 Å². The highest BCUT2D eigenvalue weighted by Crippen LogP contribution is 2.27. The van der Waals surface area contributed by atoms with E-state index in [1.54, 1.807) is 0 Å². The maximum Gasteiger partial charge on any atom is 0.345 e. The van der Waals surface area contributed by atoms with Gasteiger partial charge in [-0.2, -0.15) is 0 Å². The lowest BCUT2D eigenvalue weighted by Crippen LogP contribution is -2.30. The summed E-state index contributed by atoms with van der Waals surface area (Å²) in [5.74, 6) is 0.508. The zero-order valence-electron chi connectivity index (χ0n) is 10.1. The SMILES string of the molecule is CON(C)C(=O)Nc1cnoc1-c1ccccc1. The van der Waals surface area contributed by atoms with Gasteiger partial charge in [-0.1, -0.05) is 35.5 Å². The maximum absolute atomic E-state index is 11.6. The van der Waals surface area contributed by atoms with Gasteiger partial charge in [-0.25, -0.2) is 9.86 Å². The Bertz CT molecular complexity index is 524. The number of carbonyl (C=O) groups excluding carboxylic acids is 1. The predicted octanol–water partition coefficient (Wildman–Crippen LogP) is 2.37. The van der Waals surface area contributed by atoms with Crippen molar-refractivity contribution in [1.29, 1.82) is 0 Å². The lowest BCUT2D eigenvalue weighted by atomic mass is 10.1. The van der Waals surface area contributed by atoms with Gasteiger partial charge in [0.1, 0.15) is 5.69 Å². The molecule has 0 atom stereocenters. The van der Waals surface area contributed by atoms with E-state index in [1.807, 2.05) is 30.3 Å². The molecule has 1 N–H and O–H groups in total. The quantitative estimate of drug-likeness (QED) is 0.845. The van der Waals surface area contributed by atoms with E-state index < -0.39 is 6.03 Å². The third-order valence-electron chi connectivity index (χ3n) is 2.41. The number of benzene rings is 1. The Morgan fingerprint density at radius 1 is 1.39 bits per heavy atom. The predicted molar refractivity (Wildman–Crippen MR) is 65.7 cm³/mol. The molecule has 0 saturated carbocycles. The number of hydroxylamine groups is 2. The molecule has 2 amide bonds. The fraction of sp³-hybridized carbons (Fsp3) is 0.167. The van der Waals surface area contributed by atoms with Crippen LogP contribution >= 0.6 is 0 Å². The monoisotopic (exact) mass is 247 g/mol. The molecule has 0 fully saturated rings. The Hall–Kier alpha value is -2.34. The Morgan fingerprint density at radius 3 is 2.78 bits per heavy atom. The Kier molecular flexibility index (Phi) is 3.59. The van der Waals surface area contributed by atoms with Crippen molar-refractivity contribution in [1.82, 2.24) is 10.2 Å². The van der Waals surface area contributed by atoms with Crippen LogP contribution in [-0.2, 0) is 4.84 Å². The van der Waals surface area contributed by atoms with Crippen LogP contribution in [0, 0.1) is 0 Å². The largest absolute Gasteiger partial charge is 0.354 e. The molecule has 0 bridgehead atoms. The molecule has 6 heteroatoms. The van der Waals surface area contributed by atoms with E-state index in [0.717, 1.165) is 10.6 Å². The van der Waals surface area contributed by atoms with Gasteiger partial charge in [-0.3, -0.25) is 4.84 Å². The van der Waals surface area contributed by atoms with E-state index in [2.05, 4.69) is 10.5 Å². The van der Waals surface area contributed by atoms with E-state index in [1.165, 1.54) is 20.4 Å². The van der Waals surface area contributed by atoms with Crippen molar-refractivity contribution >= 4 is 11.7 Å². The molecule has 0 saturated heterocycles. The molecule has 0 radical (unpaired) electrons. The molecule has 1 aromatic heterocycles. The van der Waals surface area contributed by atoms with E-state index in [9.17, 15) is 4.79 Å². The summed E-state index contributed by atoms with van der Waals surface area (Å²) in [6.45, 7) is 0. The average Bonchev–Trinajstić information content (AvgIpc) is 2.86. The highest BCUT2D eigenvalue weighted by Gasteiger charge is 2.15. The van der Waals surface area contributed by atoms with Crippen molar-refractivity contribution in [3.05, 3.63) is 36.5 Å². The van der Waals surface area contributed by atoms with Gasteiger partial charge in [0.25, 0.3) is 0 Å². The fourth-order valence-corrected chi connectivity index (χ4v) is 1.40. The highest BCUT2D eigenvalue weighted by atomic mass is 16.7. The second-order valence-electron chi connectivity index (χ2n) is 3.54. The van der Waals surface area contributed by atoms with Crippen LogP contribution < -0.4 is 5.32 Å². The van der Waals surface area contributed by atoms with Crippen LogP contribution in [0.1, 0.15) is 0 Å². The second kappa shape index (κ2) is 5.33. The third-order valence-corrected chi connectivity index (χ3v) is 2.41. The van der Waals surface area contributed by atoms with Crippen LogP contribution in [0.3, 0.4) is 0 Å². The lowest BCUT2D eigenvalue weighted by molar-refractivity contribution is -0.0598. The number of urea groups is 1. The Labute approximate surface area is 104 Å². The molecule has 18 heavy (non-hydrogen) atoms. The number of aromatic nitrogens is 1. The summed E-state index contributed by atoms with van der Waals surface area (Å²) < 4.78 is 5.14. The smallest absolute Gasteiger partial charge is 0.345 e. The number of amides is 2. The molecular formula is C12H13N3O3. The first kappa shape index (κ1) is 12.1. The summed E-state index contributed by atoms with van der Waals surface area (Å²) in [6.07, 6.45) is 1.45. The van der Waals surface area contributed by atoms with Crippen molar-refractivity contribution in [2.45, 2.75) is 0 Å². The molecule has 0 aliphatic carbocycles. The second-order valence-corrected chi connectivity index (χ2v) is 3.54. The molecule has 0 aliphatic rings. The molecule has 1 heterocycles. The minimum Gasteiger partial charge on any atom is -0.354 e. The average molecular weight is 247 g/mol. The summed E-state index contributed by atoms with van der Waals surface area (Å²) in [4.78, 5) is 16.4. The Morgan fingerprint density at radius 2 is 2.11 bits per heavy atom. The standard InChI is InChI=1S/C12H13N3O3/c1-15(17-2)12(16)14-10-8-13-18-11(10)9-6-4-3-5-7-9/h3-8H,1-2H3,(H,14,16). The van der Waals surface area contributed by atoms with Gasteiger partial charge in [0.05, 0.1) is 13.3 Å². The molecule has 1 aromatic carbocycles. The van der Waals surface area contributed by atoms with Crippen molar-refractivity contribution in [2.24, 2.45) is 0 Å². The summed E-state index contributed by atoms with van der Waals surface area (Å²) in [5, 5.41) is 7.40. The zero-order valence-corrected chi connectivity index (χ0v) is 10.1. The molecule has 0 aliphatic heterocycles. The van der Waals surface area contributed by atoms with Crippen LogP contribution in [0.15, 0.2) is 41.1 Å². The van der Waals surface area contributed by atoms with Crippen molar-refractivity contribution in [2.75, 3.05) is 19.5 Å². The normalized spacial score (nSPS) is 10.1. The number of hydrogen-bond acceptors (Lipinski definition) is 4. The van der Waals surface area contributed by atoms with Gasteiger partial charge in [-0.15, -0.1) is 0 Å². The van der Waals surface area contributed by atoms with Gasteiger partial charge < -0.3 is 9.84 Å². The van der Waals surface area contributed by atoms with E-state index in [0.29, 0.717) is 11.4 Å². The van der Waals surface area contributed by atoms with Gasteiger partial charge in [0.15, 0.2) is 5.76 Å². The maximum atomic E-state index is 11.6. The molecular weight excluding hydrogens is 234 g/mol. The molecule has 6 nitrogen and oxygen atoms in total. The van der Waals surface area contributed by atoms with Gasteiger partial charge in [0.2, 0.25) is 0 Å². The summed E-state index contributed by atoms with van der Waals surface area (Å²) in [5.41, 5.74) is 1.33. The summed E-state index contributed by atoms with van der Waals surface area (Å²) in [7, 11) is 2.91. The van der Waals surface area contributed by atoms with Crippen LogP contribution in [0.5, 0.6) is 0 Å². The number of carbonyl (C=O) groups is 1. The third kappa shape index (κ3) is 2.49. The number of hydrogen-bond donors (Lipinski definition) is 1. The minimum atomic E-state index is -0.405. The molecule has 94 valence electrons. The van der Waals surface area contributed by atoms with Crippen LogP contribution in [0.25, 0.3) is 11.3 Å². The molecule has 2 aromatic rings. The van der Waals surface area contributed by atoms with Crippen molar-refractivity contribution in [3.63, 3.8) is 0 Å². The topological polar surface area (TPSA) is 67.6 Å². The number of anilines is 1. The van der Waals surface area contributed by atoms with Crippen molar-refractivity contribution in [3.8, 4) is 11.3 Å². The molecule has 0 spiro atoms. The first-order valence-electron chi connectivity index (χ1n) is 5.31. The zero-order chi connectivity index (χ0) is 13.0. The molecule has 0 unspecified atom stereocenters. The highest BCUT2D eigenvalue weighted by molar-refractivity contribution is 5.92. The van der Waals surface area contributed by atoms with Gasteiger partial charge in [-0.05, 0) is 0 Å². The number of rotatable bonds is 3. The Balaban J connectivity index is 2.21. The first-order chi connectivity index (χ1) is 8.72. The molecule has 2 rings (SSSR count). The van der Waals surface area contributed by atoms with Crippen molar-refractivity contribution < 1.29 is 14.2 Å². The lowest BCUT2D eigenvalue weighted by Gasteiger charge is -2.13. The van der Waals surface area contributed by atoms with Crippen LogP contribution in [0.4, 0.5) is 10.5 Å². The minimum absolute atomic E-state index is 0.405. The van der Waals surface area contributed by atoms with E-state index >= 15 is 0 Å². The fourth-order valence-electron chi connectivity index (χ4n) is 1.40. The summed E-state index contributed by atoms with van der Waals surface area (Å²) >= 11 is 0. The number of nitrogens with one attached hydrogen (secondary N) is 1. The van der Waals surface area contributed by atoms with E-state index in [-0.39, 0.29) is 0 Å². The first-order valence-corrected chi connectivity index (χ1v) is 5.31. The van der Waals surface area contributed by atoms with E-state index in [4.69, 9.17) is 9.36 Å². The van der Waals surface area contributed by atoms with Gasteiger partial charge in [0, 0.05) is 12.6 Å². The number of nitrogens with zero attached hydrogens (tertiary/aromatic N) is 2. The van der Waals surface area contributed by atoms with Crippen LogP contribution in [-0.4, -0.2) is 30.4 Å². The van der Waals surface area contributed by atoms with Gasteiger partial charge >= 0.3 is 6.03 Å².